The molecule has 0 aromatic heterocycles. The van der Waals surface area contributed by atoms with Gasteiger partial charge in [0, 0.05) is 31.3 Å². The molecule has 0 radical (unpaired) electrons. The number of amides is 4. The maximum atomic E-state index is 14.6. The van der Waals surface area contributed by atoms with Crippen LogP contribution >= 0.6 is 0 Å². The maximum Gasteiger partial charge on any atom is 0.262 e. The van der Waals surface area contributed by atoms with Crippen molar-refractivity contribution in [1.29, 1.82) is 0 Å². The van der Waals surface area contributed by atoms with Crippen LogP contribution in [0.4, 0.5) is 10.1 Å². The monoisotopic (exact) mass is 373 g/mol. The van der Waals surface area contributed by atoms with Crippen molar-refractivity contribution < 1.29 is 28.7 Å². The summed E-state index contributed by atoms with van der Waals surface area (Å²) in [7, 11) is 0. The number of imide groups is 2. The maximum absolute atomic E-state index is 14.6. The van der Waals surface area contributed by atoms with Gasteiger partial charge in [0.05, 0.1) is 22.9 Å². The van der Waals surface area contributed by atoms with Crippen molar-refractivity contribution in [3.05, 3.63) is 29.1 Å². The number of piperidine rings is 2. The molecule has 1 saturated carbocycles. The van der Waals surface area contributed by atoms with Gasteiger partial charge < -0.3 is 10.0 Å². The number of benzene rings is 1. The predicted molar refractivity (Wildman–Crippen MR) is 88.3 cm³/mol. The summed E-state index contributed by atoms with van der Waals surface area (Å²) in [5.74, 6) is -2.91. The van der Waals surface area contributed by atoms with E-state index in [0.717, 1.165) is 11.0 Å². The molecule has 5 rings (SSSR count). The van der Waals surface area contributed by atoms with Crippen LogP contribution in [-0.2, 0) is 9.59 Å². The first-order chi connectivity index (χ1) is 12.9. The number of rotatable bonds is 2. The molecule has 27 heavy (non-hydrogen) atoms. The Bertz CT molecular complexity index is 920. The number of fused-ring (bicyclic) bond motifs is 2. The first-order valence-corrected chi connectivity index (χ1v) is 8.85. The second-order valence-corrected chi connectivity index (χ2v) is 7.52. The Labute approximate surface area is 152 Å². The molecule has 3 aliphatic heterocycles. The number of hydrogen-bond donors (Lipinski definition) is 2. The summed E-state index contributed by atoms with van der Waals surface area (Å²) in [6.45, 7) is 1.00. The normalized spacial score (nSPS) is 31.9. The molecule has 4 atom stereocenters. The van der Waals surface area contributed by atoms with Crippen LogP contribution in [0.25, 0.3) is 0 Å². The van der Waals surface area contributed by atoms with Crippen molar-refractivity contribution in [3.63, 3.8) is 0 Å². The zero-order valence-electron chi connectivity index (χ0n) is 14.1. The summed E-state index contributed by atoms with van der Waals surface area (Å²) < 4.78 is 14.6. The van der Waals surface area contributed by atoms with Gasteiger partial charge in [0.15, 0.2) is 0 Å². The molecule has 3 heterocycles. The third-order valence-corrected chi connectivity index (χ3v) is 6.00. The lowest BCUT2D eigenvalue weighted by Gasteiger charge is -2.27. The smallest absolute Gasteiger partial charge is 0.262 e. The van der Waals surface area contributed by atoms with E-state index in [1.807, 2.05) is 0 Å². The highest BCUT2D eigenvalue weighted by Crippen LogP contribution is 2.47. The van der Waals surface area contributed by atoms with Gasteiger partial charge in [-0.3, -0.25) is 29.4 Å². The largest absolute Gasteiger partial charge is 0.392 e. The van der Waals surface area contributed by atoms with Gasteiger partial charge in [0.1, 0.15) is 11.9 Å². The van der Waals surface area contributed by atoms with E-state index >= 15 is 0 Å². The summed E-state index contributed by atoms with van der Waals surface area (Å²) in [6.07, 6.45) is -0.258. The highest BCUT2D eigenvalue weighted by molar-refractivity contribution is 6.23. The Kier molecular flexibility index (Phi) is 3.24. The average molecular weight is 373 g/mol. The lowest BCUT2D eigenvalue weighted by Crippen LogP contribution is -2.54. The van der Waals surface area contributed by atoms with Crippen LogP contribution in [0.1, 0.15) is 33.6 Å². The highest BCUT2D eigenvalue weighted by atomic mass is 19.1. The minimum atomic E-state index is -1.07. The van der Waals surface area contributed by atoms with Crippen LogP contribution in [0.5, 0.6) is 0 Å². The summed E-state index contributed by atoms with van der Waals surface area (Å²) in [6, 6.07) is 1.32. The van der Waals surface area contributed by atoms with E-state index in [2.05, 4.69) is 5.32 Å². The zero-order valence-corrected chi connectivity index (χ0v) is 14.1. The topological polar surface area (TPSA) is 107 Å². The average Bonchev–Trinajstić information content (AvgIpc) is 2.95. The fraction of sp³-hybridized carbons (Fsp3) is 0.444. The lowest BCUT2D eigenvalue weighted by molar-refractivity contribution is -0.136. The van der Waals surface area contributed by atoms with Gasteiger partial charge >= 0.3 is 0 Å². The minimum Gasteiger partial charge on any atom is -0.392 e. The van der Waals surface area contributed by atoms with E-state index in [9.17, 15) is 28.7 Å². The molecule has 0 bridgehead atoms. The molecule has 0 spiro atoms. The van der Waals surface area contributed by atoms with Crippen molar-refractivity contribution in [2.24, 2.45) is 11.8 Å². The van der Waals surface area contributed by atoms with Crippen LogP contribution in [-0.4, -0.2) is 58.9 Å². The molecule has 4 amide bonds. The summed E-state index contributed by atoms with van der Waals surface area (Å²) in [5.41, 5.74) is 0.206. The molecule has 1 aliphatic carbocycles. The SMILES string of the molecule is O=C1CCC(N2C(=O)c3cc(F)c(N4CC5C(O)[C@H]5C4)cc3C2=O)C(=O)N1. The molecule has 3 unspecified atom stereocenters. The van der Waals surface area contributed by atoms with Crippen LogP contribution in [0.15, 0.2) is 12.1 Å². The van der Waals surface area contributed by atoms with Gasteiger partial charge in [0.25, 0.3) is 11.8 Å². The van der Waals surface area contributed by atoms with E-state index in [4.69, 9.17) is 0 Å². The molecular weight excluding hydrogens is 357 g/mol. The molecule has 2 saturated heterocycles. The molecule has 3 fully saturated rings. The van der Waals surface area contributed by atoms with Crippen molar-refractivity contribution >= 4 is 29.3 Å². The van der Waals surface area contributed by atoms with Crippen LogP contribution in [0, 0.1) is 17.7 Å². The van der Waals surface area contributed by atoms with Crippen LogP contribution in [0.3, 0.4) is 0 Å². The van der Waals surface area contributed by atoms with E-state index < -0.39 is 35.5 Å². The van der Waals surface area contributed by atoms with Gasteiger partial charge in [-0.2, -0.15) is 0 Å². The van der Waals surface area contributed by atoms with E-state index in [1.165, 1.54) is 6.07 Å². The molecule has 1 aromatic carbocycles. The third-order valence-electron chi connectivity index (χ3n) is 6.00. The van der Waals surface area contributed by atoms with Gasteiger partial charge in [0.2, 0.25) is 11.8 Å². The standard InChI is InChI=1S/C18H16FN3O5/c19-11-3-7-8(4-13(11)21-5-9-10(6-21)15(9)24)18(27)22(17(7)26)12-1-2-14(23)20-16(12)25/h3-4,9-10,12,15,24H,1-2,5-6H2,(H,20,23,25)/t9-,10?,12?,15?/m0/s1. The van der Waals surface area contributed by atoms with Gasteiger partial charge in [-0.25, -0.2) is 4.39 Å². The molecular formula is C18H16FN3O5. The molecule has 8 nitrogen and oxygen atoms in total. The summed E-state index contributed by atoms with van der Waals surface area (Å²) in [5, 5.41) is 11.8. The van der Waals surface area contributed by atoms with Gasteiger partial charge in [-0.05, 0) is 18.6 Å². The van der Waals surface area contributed by atoms with Gasteiger partial charge in [-0.1, -0.05) is 0 Å². The number of nitrogens with zero attached hydrogens (tertiary/aromatic N) is 2. The Morgan fingerprint density at radius 1 is 1.04 bits per heavy atom. The number of carbonyl (C=O) groups excluding carboxylic acids is 4. The number of anilines is 1. The first-order valence-electron chi connectivity index (χ1n) is 8.85. The fourth-order valence-corrected chi connectivity index (χ4v) is 4.41. The number of hydrogen-bond acceptors (Lipinski definition) is 6. The van der Waals surface area contributed by atoms with Crippen molar-refractivity contribution in [2.45, 2.75) is 25.0 Å². The first kappa shape index (κ1) is 16.4. The highest BCUT2D eigenvalue weighted by Gasteiger charge is 2.55. The van der Waals surface area contributed by atoms with Gasteiger partial charge in [-0.15, -0.1) is 0 Å². The van der Waals surface area contributed by atoms with Crippen molar-refractivity contribution in [3.8, 4) is 0 Å². The Balaban J connectivity index is 1.46. The van der Waals surface area contributed by atoms with Crippen molar-refractivity contribution in [1.82, 2.24) is 10.2 Å². The predicted octanol–water partition coefficient (Wildman–Crippen LogP) is -0.346. The van der Waals surface area contributed by atoms with E-state index in [0.29, 0.717) is 13.1 Å². The lowest BCUT2D eigenvalue weighted by atomic mass is 10.0. The molecule has 4 aliphatic rings. The molecule has 9 heteroatoms. The Morgan fingerprint density at radius 3 is 2.30 bits per heavy atom. The number of halogens is 1. The van der Waals surface area contributed by atoms with Crippen molar-refractivity contribution in [2.75, 3.05) is 18.0 Å². The van der Waals surface area contributed by atoms with Crippen LogP contribution < -0.4 is 10.2 Å². The number of carbonyl (C=O) groups is 4. The minimum absolute atomic E-state index is 0.0301. The second kappa shape index (κ2) is 5.35. The molecule has 1 aromatic rings. The summed E-state index contributed by atoms with van der Waals surface area (Å²) >= 11 is 0. The Hall–Kier alpha value is -2.81. The molecule has 140 valence electrons. The quantitative estimate of drug-likeness (QED) is 0.687. The van der Waals surface area contributed by atoms with E-state index in [-0.39, 0.29) is 47.6 Å². The molecule has 2 N–H and O–H groups in total. The second-order valence-electron chi connectivity index (χ2n) is 7.52. The zero-order chi connectivity index (χ0) is 19.0. The number of aliphatic hydroxyl groups excluding tert-OH is 1. The number of nitrogens with one attached hydrogen (secondary N) is 1. The fourth-order valence-electron chi connectivity index (χ4n) is 4.41. The Morgan fingerprint density at radius 2 is 1.67 bits per heavy atom. The van der Waals surface area contributed by atoms with E-state index in [1.54, 1.807) is 4.90 Å². The third kappa shape index (κ3) is 2.24. The summed E-state index contributed by atoms with van der Waals surface area (Å²) in [4.78, 5) is 51.4. The van der Waals surface area contributed by atoms with Crippen LogP contribution in [0.2, 0.25) is 0 Å². The number of aliphatic hydroxyl groups is 1.